The van der Waals surface area contributed by atoms with E-state index in [-0.39, 0.29) is 24.8 Å². The first-order chi connectivity index (χ1) is 12.4. The maximum absolute atomic E-state index is 6.13. The summed E-state index contributed by atoms with van der Waals surface area (Å²) in [5.41, 5.74) is 17.4. The monoisotopic (exact) mass is 420 g/mol. The smallest absolute Gasteiger partial charge is 0.154 e. The summed E-state index contributed by atoms with van der Waals surface area (Å²) < 4.78 is 12.2. The third kappa shape index (κ3) is 4.83. The first-order valence-electron chi connectivity index (χ1n) is 8.54. The molecule has 3 rings (SSSR count). The molecule has 150 valence electrons. The normalized spacial score (nSPS) is 9.86. The maximum Gasteiger partial charge on any atom is 0.154 e. The second-order valence-electron chi connectivity index (χ2n) is 6.57. The Morgan fingerprint density at radius 2 is 0.893 bits per heavy atom. The first kappa shape index (κ1) is 23.5. The van der Waals surface area contributed by atoms with Gasteiger partial charge in [0.05, 0.1) is 11.4 Å². The number of ether oxygens (including phenoxy) is 2. The summed E-state index contributed by atoms with van der Waals surface area (Å²) in [4.78, 5) is 0. The summed E-state index contributed by atoms with van der Waals surface area (Å²) in [6.07, 6.45) is 0. The lowest BCUT2D eigenvalue weighted by atomic mass is 10.1. The zero-order chi connectivity index (χ0) is 18.8. The Morgan fingerprint density at radius 1 is 0.571 bits per heavy atom. The van der Waals surface area contributed by atoms with Crippen LogP contribution in [0.1, 0.15) is 22.3 Å². The average Bonchev–Trinajstić information content (AvgIpc) is 2.58. The fourth-order valence-electron chi connectivity index (χ4n) is 2.91. The van der Waals surface area contributed by atoms with Gasteiger partial charge in [0.25, 0.3) is 0 Å². The van der Waals surface area contributed by atoms with E-state index in [2.05, 4.69) is 0 Å². The Kier molecular flexibility index (Phi) is 8.03. The third-order valence-corrected chi connectivity index (χ3v) is 4.38. The lowest BCUT2D eigenvalue weighted by Gasteiger charge is -2.17. The zero-order valence-electron chi connectivity index (χ0n) is 16.4. The minimum atomic E-state index is 0. The number of anilines is 2. The zero-order valence-corrected chi connectivity index (χ0v) is 18.0. The minimum absolute atomic E-state index is 0. The van der Waals surface area contributed by atoms with Crippen LogP contribution >= 0.6 is 24.8 Å². The largest absolute Gasteiger partial charge is 0.455 e. The maximum atomic E-state index is 6.13. The molecule has 0 aliphatic carbocycles. The number of benzene rings is 3. The van der Waals surface area contributed by atoms with E-state index < -0.39 is 0 Å². The van der Waals surface area contributed by atoms with Crippen LogP contribution in [-0.2, 0) is 0 Å². The summed E-state index contributed by atoms with van der Waals surface area (Å²) in [5, 5.41) is 0. The van der Waals surface area contributed by atoms with Crippen molar-refractivity contribution in [2.24, 2.45) is 0 Å². The summed E-state index contributed by atoms with van der Waals surface area (Å²) in [5.74, 6) is 2.64. The minimum Gasteiger partial charge on any atom is -0.455 e. The Hall–Kier alpha value is -2.56. The lowest BCUT2D eigenvalue weighted by molar-refractivity contribution is 0.456. The van der Waals surface area contributed by atoms with Crippen molar-refractivity contribution in [3.8, 4) is 23.0 Å². The van der Waals surface area contributed by atoms with Crippen molar-refractivity contribution in [3.05, 3.63) is 70.8 Å². The van der Waals surface area contributed by atoms with Crippen LogP contribution in [0.3, 0.4) is 0 Å². The molecule has 4 N–H and O–H groups in total. The summed E-state index contributed by atoms with van der Waals surface area (Å²) in [6, 6.07) is 15.4. The highest BCUT2D eigenvalue weighted by Crippen LogP contribution is 2.40. The summed E-state index contributed by atoms with van der Waals surface area (Å²) >= 11 is 0. The summed E-state index contributed by atoms with van der Waals surface area (Å²) in [6.45, 7) is 8.02. The van der Waals surface area contributed by atoms with Gasteiger partial charge in [-0.1, -0.05) is 36.4 Å². The van der Waals surface area contributed by atoms with Gasteiger partial charge in [0, 0.05) is 6.07 Å². The van der Waals surface area contributed by atoms with E-state index in [4.69, 9.17) is 20.9 Å². The molecule has 0 saturated heterocycles. The highest BCUT2D eigenvalue weighted by molar-refractivity contribution is 5.85. The molecule has 0 unspecified atom stereocenters. The van der Waals surface area contributed by atoms with E-state index >= 15 is 0 Å². The van der Waals surface area contributed by atoms with Gasteiger partial charge in [-0.2, -0.15) is 0 Å². The Morgan fingerprint density at radius 3 is 1.21 bits per heavy atom. The Balaban J connectivity index is 0.00000196. The fraction of sp³-hybridized carbons (Fsp3) is 0.182. The molecule has 0 aliphatic heterocycles. The molecule has 28 heavy (non-hydrogen) atoms. The molecule has 0 spiro atoms. The number of nitrogens with two attached hydrogens (primary N) is 2. The van der Waals surface area contributed by atoms with Crippen molar-refractivity contribution in [1.82, 2.24) is 0 Å². The predicted molar refractivity (Wildman–Crippen MR) is 122 cm³/mol. The van der Waals surface area contributed by atoms with Crippen LogP contribution < -0.4 is 20.9 Å². The van der Waals surface area contributed by atoms with Gasteiger partial charge in [0.15, 0.2) is 11.5 Å². The van der Waals surface area contributed by atoms with Gasteiger partial charge in [-0.15, -0.1) is 24.8 Å². The number of para-hydroxylation sites is 2. The molecule has 0 aromatic heterocycles. The Labute approximate surface area is 178 Å². The van der Waals surface area contributed by atoms with Crippen LogP contribution in [0.4, 0.5) is 11.4 Å². The second kappa shape index (κ2) is 9.58. The molecular formula is C22H26Cl2N2O2. The van der Waals surface area contributed by atoms with E-state index in [0.29, 0.717) is 22.9 Å². The van der Waals surface area contributed by atoms with Crippen LogP contribution in [0, 0.1) is 27.7 Å². The standard InChI is InChI=1S/C22H24N2O2.2ClH/c1-13-7-5-8-14(2)21(13)25-19-12-20(18(24)11-17(19)23)26-22-15(3)9-6-10-16(22)4;;/h5-12H,23-24H2,1-4H3;2*1H. The molecule has 0 amide bonds. The van der Waals surface area contributed by atoms with Crippen molar-refractivity contribution >= 4 is 36.2 Å². The fourth-order valence-corrected chi connectivity index (χ4v) is 2.91. The quantitative estimate of drug-likeness (QED) is 0.471. The van der Waals surface area contributed by atoms with Gasteiger partial charge in [-0.05, 0) is 56.0 Å². The molecule has 0 radical (unpaired) electrons. The topological polar surface area (TPSA) is 70.5 Å². The SMILES string of the molecule is Cc1cccc(C)c1Oc1cc(Oc2c(C)cccc2C)c(N)cc1N.Cl.Cl. The molecule has 0 aliphatic rings. The lowest BCUT2D eigenvalue weighted by Crippen LogP contribution is -2.00. The molecule has 0 saturated carbocycles. The number of nitrogen functional groups attached to an aromatic ring is 2. The van der Waals surface area contributed by atoms with Gasteiger partial charge in [-0.25, -0.2) is 0 Å². The molecule has 0 fully saturated rings. The number of aryl methyl sites for hydroxylation is 4. The number of hydrogen-bond donors (Lipinski definition) is 2. The first-order valence-corrected chi connectivity index (χ1v) is 8.54. The number of rotatable bonds is 4. The van der Waals surface area contributed by atoms with Crippen LogP contribution in [0.25, 0.3) is 0 Å². The molecule has 0 bridgehead atoms. The van der Waals surface area contributed by atoms with Crippen LogP contribution in [0.2, 0.25) is 0 Å². The molecule has 4 nitrogen and oxygen atoms in total. The Bertz CT molecular complexity index is 860. The van der Waals surface area contributed by atoms with Gasteiger partial charge < -0.3 is 20.9 Å². The van der Waals surface area contributed by atoms with E-state index in [1.807, 2.05) is 64.1 Å². The van der Waals surface area contributed by atoms with Gasteiger partial charge in [-0.3, -0.25) is 0 Å². The van der Waals surface area contributed by atoms with Gasteiger partial charge in [0.2, 0.25) is 0 Å². The molecule has 0 atom stereocenters. The van der Waals surface area contributed by atoms with Crippen molar-refractivity contribution in [1.29, 1.82) is 0 Å². The molecular weight excluding hydrogens is 395 g/mol. The van der Waals surface area contributed by atoms with Crippen LogP contribution in [0.5, 0.6) is 23.0 Å². The van der Waals surface area contributed by atoms with Crippen molar-refractivity contribution in [2.45, 2.75) is 27.7 Å². The van der Waals surface area contributed by atoms with Crippen molar-refractivity contribution in [2.75, 3.05) is 11.5 Å². The highest BCUT2D eigenvalue weighted by Gasteiger charge is 2.14. The molecule has 0 heterocycles. The van der Waals surface area contributed by atoms with E-state index in [1.165, 1.54) is 0 Å². The van der Waals surface area contributed by atoms with E-state index in [0.717, 1.165) is 33.8 Å². The average molecular weight is 421 g/mol. The molecule has 6 heteroatoms. The van der Waals surface area contributed by atoms with E-state index in [9.17, 15) is 0 Å². The van der Waals surface area contributed by atoms with Crippen LogP contribution in [-0.4, -0.2) is 0 Å². The third-order valence-electron chi connectivity index (χ3n) is 4.38. The predicted octanol–water partition coefficient (Wildman–Crippen LogP) is 6.51. The van der Waals surface area contributed by atoms with Gasteiger partial charge in [0.1, 0.15) is 11.5 Å². The summed E-state index contributed by atoms with van der Waals surface area (Å²) in [7, 11) is 0. The molecule has 3 aromatic rings. The number of hydrogen-bond acceptors (Lipinski definition) is 4. The van der Waals surface area contributed by atoms with Crippen molar-refractivity contribution < 1.29 is 9.47 Å². The number of halogens is 2. The van der Waals surface area contributed by atoms with Crippen molar-refractivity contribution in [3.63, 3.8) is 0 Å². The van der Waals surface area contributed by atoms with E-state index in [1.54, 1.807) is 12.1 Å². The highest BCUT2D eigenvalue weighted by atomic mass is 35.5. The van der Waals surface area contributed by atoms with Crippen LogP contribution in [0.15, 0.2) is 48.5 Å². The second-order valence-corrected chi connectivity index (χ2v) is 6.57. The van der Waals surface area contributed by atoms with Gasteiger partial charge >= 0.3 is 0 Å². The molecule has 3 aromatic carbocycles.